The monoisotopic (exact) mass is 421 g/mol. The summed E-state index contributed by atoms with van der Waals surface area (Å²) in [5, 5.41) is 1.08. The number of benzene rings is 2. The molecule has 0 bridgehead atoms. The second-order valence-corrected chi connectivity index (χ2v) is 9.95. The number of rotatable bonds is 3. The van der Waals surface area contributed by atoms with Gasteiger partial charge in [0.05, 0.1) is 10.4 Å². The topological polar surface area (TPSA) is 70.6 Å². The average molecular weight is 422 g/mol. The Balaban J connectivity index is 1.43. The lowest BCUT2D eigenvalue weighted by atomic mass is 10.1. The van der Waals surface area contributed by atoms with Gasteiger partial charge >= 0.3 is 0 Å². The molecule has 30 heavy (non-hydrogen) atoms. The van der Waals surface area contributed by atoms with Crippen molar-refractivity contribution in [3.05, 3.63) is 65.2 Å². The molecule has 5 rings (SSSR count). The second-order valence-electron chi connectivity index (χ2n) is 8.01. The van der Waals surface area contributed by atoms with Gasteiger partial charge in [-0.05, 0) is 74.2 Å². The molecule has 7 heteroatoms. The highest BCUT2D eigenvalue weighted by Crippen LogP contribution is 2.31. The zero-order valence-electron chi connectivity index (χ0n) is 16.8. The van der Waals surface area contributed by atoms with E-state index >= 15 is 0 Å². The van der Waals surface area contributed by atoms with Crippen molar-refractivity contribution in [1.82, 2.24) is 9.29 Å². The van der Waals surface area contributed by atoms with Crippen molar-refractivity contribution in [3.63, 3.8) is 0 Å². The van der Waals surface area contributed by atoms with E-state index in [9.17, 15) is 13.2 Å². The minimum atomic E-state index is -3.48. The summed E-state index contributed by atoms with van der Waals surface area (Å²) in [5.41, 5.74) is 3.58. The molecule has 2 aromatic carbocycles. The van der Waals surface area contributed by atoms with Crippen LogP contribution in [0.15, 0.2) is 53.4 Å². The summed E-state index contributed by atoms with van der Waals surface area (Å²) < 4.78 is 26.9. The number of hydrogen-bond acceptors (Lipinski definition) is 4. The Bertz CT molecular complexity index is 1250. The van der Waals surface area contributed by atoms with Gasteiger partial charge in [0.2, 0.25) is 10.0 Å². The molecule has 6 nitrogen and oxygen atoms in total. The van der Waals surface area contributed by atoms with Crippen molar-refractivity contribution in [2.45, 2.75) is 31.1 Å². The molecule has 0 unspecified atom stereocenters. The van der Waals surface area contributed by atoms with E-state index in [0.29, 0.717) is 31.0 Å². The Hall–Kier alpha value is -2.77. The summed E-state index contributed by atoms with van der Waals surface area (Å²) in [4.78, 5) is 19.8. The van der Waals surface area contributed by atoms with Gasteiger partial charge in [0.1, 0.15) is 5.82 Å². The Morgan fingerprint density at radius 3 is 2.43 bits per heavy atom. The lowest BCUT2D eigenvalue weighted by Crippen LogP contribution is -2.30. The fourth-order valence-corrected chi connectivity index (χ4v) is 5.80. The van der Waals surface area contributed by atoms with Crippen molar-refractivity contribution in [2.24, 2.45) is 0 Å². The smallest absolute Gasteiger partial charge is 0.259 e. The predicted octanol–water partition coefficient (Wildman–Crippen LogP) is 3.53. The Morgan fingerprint density at radius 2 is 1.70 bits per heavy atom. The fraction of sp³-hybridized carbons (Fsp3) is 0.304. The van der Waals surface area contributed by atoms with Gasteiger partial charge in [-0.15, -0.1) is 0 Å². The van der Waals surface area contributed by atoms with Crippen LogP contribution in [0.4, 0.5) is 5.82 Å². The summed E-state index contributed by atoms with van der Waals surface area (Å²) in [7, 11) is -3.48. The molecule has 0 N–H and O–H groups in total. The molecular weight excluding hydrogens is 398 g/mol. The largest absolute Gasteiger partial charge is 0.292 e. The molecular formula is C23H23N3O3S. The highest BCUT2D eigenvalue weighted by molar-refractivity contribution is 7.89. The Labute approximate surface area is 176 Å². The number of carbonyl (C=O) groups is 1. The number of amides is 1. The van der Waals surface area contributed by atoms with Gasteiger partial charge in [0, 0.05) is 30.6 Å². The van der Waals surface area contributed by atoms with E-state index in [1.807, 2.05) is 12.1 Å². The number of sulfonamides is 1. The van der Waals surface area contributed by atoms with Gasteiger partial charge in [-0.25, -0.2) is 13.4 Å². The third-order valence-corrected chi connectivity index (χ3v) is 7.85. The minimum absolute atomic E-state index is 0.155. The Morgan fingerprint density at radius 1 is 0.967 bits per heavy atom. The van der Waals surface area contributed by atoms with E-state index in [2.05, 4.69) is 19.1 Å². The molecule has 1 amide bonds. The number of carbonyl (C=O) groups excluding carboxylic acids is 1. The van der Waals surface area contributed by atoms with Crippen molar-refractivity contribution in [3.8, 4) is 0 Å². The first-order chi connectivity index (χ1) is 14.4. The third-order valence-electron chi connectivity index (χ3n) is 5.94. The summed E-state index contributed by atoms with van der Waals surface area (Å²) in [5.74, 6) is 0.544. The van der Waals surface area contributed by atoms with Crippen molar-refractivity contribution in [1.29, 1.82) is 0 Å². The van der Waals surface area contributed by atoms with E-state index < -0.39 is 10.0 Å². The predicted molar refractivity (Wildman–Crippen MR) is 116 cm³/mol. The van der Waals surface area contributed by atoms with E-state index in [4.69, 9.17) is 4.98 Å². The van der Waals surface area contributed by atoms with Crippen LogP contribution in [0.1, 0.15) is 34.3 Å². The highest BCUT2D eigenvalue weighted by atomic mass is 32.2. The van der Waals surface area contributed by atoms with Crippen LogP contribution in [-0.2, 0) is 16.4 Å². The zero-order chi connectivity index (χ0) is 20.9. The van der Waals surface area contributed by atoms with Crippen LogP contribution < -0.4 is 4.90 Å². The summed E-state index contributed by atoms with van der Waals surface area (Å²) in [6.45, 7) is 3.75. The Kier molecular flexibility index (Phi) is 4.60. The molecule has 0 radical (unpaired) electrons. The molecule has 3 aromatic rings. The molecule has 1 fully saturated rings. The third kappa shape index (κ3) is 3.18. The van der Waals surface area contributed by atoms with E-state index in [0.717, 1.165) is 35.7 Å². The van der Waals surface area contributed by atoms with Crippen molar-refractivity contribution in [2.75, 3.05) is 24.5 Å². The summed E-state index contributed by atoms with van der Waals surface area (Å²) in [6.07, 6.45) is 2.55. The summed E-state index contributed by atoms with van der Waals surface area (Å²) >= 11 is 0. The van der Waals surface area contributed by atoms with Gasteiger partial charge in [-0.1, -0.05) is 11.6 Å². The first-order valence-electron chi connectivity index (χ1n) is 10.3. The van der Waals surface area contributed by atoms with Gasteiger partial charge in [-0.2, -0.15) is 4.31 Å². The molecule has 154 valence electrons. The molecule has 2 aliphatic heterocycles. The quantitative estimate of drug-likeness (QED) is 0.649. The molecule has 1 saturated heterocycles. The van der Waals surface area contributed by atoms with Crippen LogP contribution in [0.3, 0.4) is 0 Å². The standard InChI is InChI=1S/C23H23N3O3S/c1-16-4-9-21-19(14-16)15-18-10-13-26(22(18)24-21)23(27)17-5-7-20(8-6-17)30(28,29)25-11-2-3-12-25/h4-9,14-15H,2-3,10-13H2,1H3. The van der Waals surface area contributed by atoms with Crippen molar-refractivity contribution < 1.29 is 13.2 Å². The average Bonchev–Trinajstić information content (AvgIpc) is 3.42. The second kappa shape index (κ2) is 7.18. The van der Waals surface area contributed by atoms with Gasteiger partial charge < -0.3 is 0 Å². The van der Waals surface area contributed by atoms with Crippen molar-refractivity contribution >= 4 is 32.7 Å². The maximum Gasteiger partial charge on any atom is 0.259 e. The van der Waals surface area contributed by atoms with Crippen LogP contribution in [0, 0.1) is 6.92 Å². The minimum Gasteiger partial charge on any atom is -0.292 e. The molecule has 0 saturated carbocycles. The van der Waals surface area contributed by atoms with Crippen LogP contribution in [0.2, 0.25) is 0 Å². The first kappa shape index (κ1) is 19.2. The fourth-order valence-electron chi connectivity index (χ4n) is 4.29. The van der Waals surface area contributed by atoms with E-state index in [1.54, 1.807) is 17.0 Å². The van der Waals surface area contributed by atoms with Gasteiger partial charge in [0.25, 0.3) is 5.91 Å². The normalized spacial score (nSPS) is 16.9. The number of hydrogen-bond donors (Lipinski definition) is 0. The van der Waals surface area contributed by atoms with Gasteiger partial charge in [-0.3, -0.25) is 9.69 Å². The number of fused-ring (bicyclic) bond motifs is 2. The van der Waals surface area contributed by atoms with Crippen LogP contribution in [-0.4, -0.2) is 43.2 Å². The molecule has 0 aliphatic carbocycles. The number of nitrogens with zero attached hydrogens (tertiary/aromatic N) is 3. The van der Waals surface area contributed by atoms with Gasteiger partial charge in [0.15, 0.2) is 0 Å². The first-order valence-corrected chi connectivity index (χ1v) is 11.7. The molecule has 3 heterocycles. The maximum atomic E-state index is 13.1. The lowest BCUT2D eigenvalue weighted by molar-refractivity contribution is 0.0988. The van der Waals surface area contributed by atoms with Crippen LogP contribution >= 0.6 is 0 Å². The van der Waals surface area contributed by atoms with E-state index in [-0.39, 0.29) is 10.8 Å². The molecule has 2 aliphatic rings. The van der Waals surface area contributed by atoms with Crippen LogP contribution in [0.5, 0.6) is 0 Å². The number of anilines is 1. The number of aromatic nitrogens is 1. The van der Waals surface area contributed by atoms with Crippen LogP contribution in [0.25, 0.3) is 10.9 Å². The zero-order valence-corrected chi connectivity index (χ0v) is 17.7. The molecule has 1 aromatic heterocycles. The number of pyridine rings is 1. The van der Waals surface area contributed by atoms with E-state index in [1.165, 1.54) is 22.0 Å². The lowest BCUT2D eigenvalue weighted by Gasteiger charge is -2.18. The summed E-state index contributed by atoms with van der Waals surface area (Å²) in [6, 6.07) is 14.5. The number of aryl methyl sites for hydroxylation is 1. The maximum absolute atomic E-state index is 13.1. The molecule has 0 spiro atoms. The molecule has 0 atom stereocenters. The SMILES string of the molecule is Cc1ccc2nc3c(cc2c1)CCN3C(=O)c1ccc(S(=O)(=O)N2CCCC2)cc1. The highest BCUT2D eigenvalue weighted by Gasteiger charge is 2.29.